The van der Waals surface area contributed by atoms with E-state index < -0.39 is 0 Å². The summed E-state index contributed by atoms with van der Waals surface area (Å²) in [4.78, 5) is 0. The first-order valence-electron chi connectivity index (χ1n) is 6.11. The summed E-state index contributed by atoms with van der Waals surface area (Å²) >= 11 is 0. The van der Waals surface area contributed by atoms with E-state index in [4.69, 9.17) is 10.5 Å². The highest BCUT2D eigenvalue weighted by Crippen LogP contribution is 2.21. The number of ether oxygens (including phenoxy) is 1. The van der Waals surface area contributed by atoms with Crippen LogP contribution in [0.25, 0.3) is 0 Å². The molecule has 0 bridgehead atoms. The minimum absolute atomic E-state index is 0.326. The first-order valence-corrected chi connectivity index (χ1v) is 6.11. The van der Waals surface area contributed by atoms with Crippen LogP contribution in [0.5, 0.6) is 5.75 Å². The van der Waals surface area contributed by atoms with E-state index in [-0.39, 0.29) is 5.82 Å². The molecule has 2 aromatic rings. The summed E-state index contributed by atoms with van der Waals surface area (Å²) < 4.78 is 18.2. The normalized spacial score (nSPS) is 10.2. The Kier molecular flexibility index (Phi) is 4.23. The van der Waals surface area contributed by atoms with E-state index in [0.717, 1.165) is 23.4 Å². The molecular formula is C15H17FN2O. The van der Waals surface area contributed by atoms with Gasteiger partial charge in [0, 0.05) is 6.54 Å². The Balaban J connectivity index is 1.96. The highest BCUT2D eigenvalue weighted by molar-refractivity contribution is 5.65. The van der Waals surface area contributed by atoms with Crippen LogP contribution in [0.4, 0.5) is 15.8 Å². The third-order valence-electron chi connectivity index (χ3n) is 2.92. The number of hydrogen-bond acceptors (Lipinski definition) is 3. The molecule has 0 saturated heterocycles. The monoisotopic (exact) mass is 260 g/mol. The molecule has 19 heavy (non-hydrogen) atoms. The number of rotatable bonds is 5. The minimum Gasteiger partial charge on any atom is -0.496 e. The van der Waals surface area contributed by atoms with Gasteiger partial charge in [-0.15, -0.1) is 0 Å². The number of halogens is 1. The predicted octanol–water partition coefficient (Wildman–Crippen LogP) is 3.07. The van der Waals surface area contributed by atoms with Crippen molar-refractivity contribution in [2.24, 2.45) is 0 Å². The van der Waals surface area contributed by atoms with Crippen LogP contribution in [0.3, 0.4) is 0 Å². The molecule has 0 heterocycles. The van der Waals surface area contributed by atoms with Crippen LogP contribution >= 0.6 is 0 Å². The van der Waals surface area contributed by atoms with Crippen LogP contribution in [-0.2, 0) is 6.42 Å². The number of nitrogen functional groups attached to an aromatic ring is 1. The van der Waals surface area contributed by atoms with Crippen molar-refractivity contribution in [3.8, 4) is 5.75 Å². The van der Waals surface area contributed by atoms with Gasteiger partial charge in [0.05, 0.1) is 18.5 Å². The van der Waals surface area contributed by atoms with Crippen LogP contribution in [0.1, 0.15) is 5.56 Å². The molecule has 0 fully saturated rings. The molecule has 0 amide bonds. The first kappa shape index (κ1) is 13.2. The Labute approximate surface area is 112 Å². The summed E-state index contributed by atoms with van der Waals surface area (Å²) in [6.07, 6.45) is 0.806. The molecule has 0 aromatic heterocycles. The maximum absolute atomic E-state index is 12.9. The van der Waals surface area contributed by atoms with Gasteiger partial charge in [-0.05, 0) is 36.2 Å². The van der Waals surface area contributed by atoms with Crippen LogP contribution in [0.15, 0.2) is 42.5 Å². The molecule has 0 unspecified atom stereocenters. The quantitative estimate of drug-likeness (QED) is 0.812. The third kappa shape index (κ3) is 3.37. The molecule has 0 saturated carbocycles. The Bertz CT molecular complexity index is 558. The molecule has 3 N–H and O–H groups in total. The van der Waals surface area contributed by atoms with Crippen molar-refractivity contribution in [3.05, 3.63) is 53.8 Å². The van der Waals surface area contributed by atoms with Crippen molar-refractivity contribution in [2.75, 3.05) is 24.7 Å². The molecule has 0 aliphatic heterocycles. The summed E-state index contributed by atoms with van der Waals surface area (Å²) in [5.74, 6) is 0.546. The van der Waals surface area contributed by atoms with Crippen LogP contribution in [0, 0.1) is 5.82 Å². The maximum Gasteiger partial charge on any atom is 0.125 e. The minimum atomic E-state index is -0.326. The summed E-state index contributed by atoms with van der Waals surface area (Å²) in [6, 6.07) is 12.2. The molecule has 100 valence electrons. The number of benzene rings is 2. The van der Waals surface area contributed by atoms with Crippen molar-refractivity contribution < 1.29 is 9.13 Å². The van der Waals surface area contributed by atoms with Gasteiger partial charge in [0.15, 0.2) is 0 Å². The molecule has 0 spiro atoms. The lowest BCUT2D eigenvalue weighted by Crippen LogP contribution is -2.07. The second kappa shape index (κ2) is 6.09. The van der Waals surface area contributed by atoms with E-state index in [0.29, 0.717) is 12.2 Å². The summed E-state index contributed by atoms with van der Waals surface area (Å²) in [5.41, 5.74) is 8.02. The predicted molar refractivity (Wildman–Crippen MR) is 76.0 cm³/mol. The molecule has 0 aliphatic rings. The van der Waals surface area contributed by atoms with Crippen molar-refractivity contribution in [2.45, 2.75) is 6.42 Å². The molecule has 4 heteroatoms. The van der Waals surface area contributed by atoms with Gasteiger partial charge in [-0.2, -0.15) is 0 Å². The lowest BCUT2D eigenvalue weighted by Gasteiger charge is -2.11. The van der Waals surface area contributed by atoms with Gasteiger partial charge in [0.1, 0.15) is 11.6 Å². The molecule has 2 aromatic carbocycles. The third-order valence-corrected chi connectivity index (χ3v) is 2.92. The van der Waals surface area contributed by atoms with Gasteiger partial charge in [-0.1, -0.05) is 18.2 Å². The SMILES string of the molecule is COc1ccccc1CCNc1ccc(F)cc1N. The fraction of sp³-hybridized carbons (Fsp3) is 0.200. The van der Waals surface area contributed by atoms with Crippen molar-refractivity contribution in [1.29, 1.82) is 0 Å². The largest absolute Gasteiger partial charge is 0.496 e. The van der Waals surface area contributed by atoms with E-state index in [1.165, 1.54) is 12.1 Å². The van der Waals surface area contributed by atoms with Crippen LogP contribution in [0.2, 0.25) is 0 Å². The first-order chi connectivity index (χ1) is 9.20. The van der Waals surface area contributed by atoms with Crippen molar-refractivity contribution in [1.82, 2.24) is 0 Å². The maximum atomic E-state index is 12.9. The summed E-state index contributed by atoms with van der Waals surface area (Å²) in [5, 5.41) is 3.19. The highest BCUT2D eigenvalue weighted by atomic mass is 19.1. The zero-order valence-corrected chi connectivity index (χ0v) is 10.8. The van der Waals surface area contributed by atoms with Gasteiger partial charge >= 0.3 is 0 Å². The van der Waals surface area contributed by atoms with E-state index in [1.54, 1.807) is 13.2 Å². The Hall–Kier alpha value is -2.23. The number of hydrogen-bond donors (Lipinski definition) is 2. The second-order valence-electron chi connectivity index (χ2n) is 4.22. The lowest BCUT2D eigenvalue weighted by atomic mass is 10.1. The summed E-state index contributed by atoms with van der Waals surface area (Å²) in [6.45, 7) is 0.705. The molecular weight excluding hydrogens is 243 g/mol. The molecule has 0 atom stereocenters. The van der Waals surface area contributed by atoms with Gasteiger partial charge in [-0.25, -0.2) is 4.39 Å². The van der Waals surface area contributed by atoms with Crippen molar-refractivity contribution in [3.63, 3.8) is 0 Å². The number of nitrogens with one attached hydrogen (secondary N) is 1. The zero-order chi connectivity index (χ0) is 13.7. The van der Waals surface area contributed by atoms with Gasteiger partial charge in [0.25, 0.3) is 0 Å². The zero-order valence-electron chi connectivity index (χ0n) is 10.8. The molecule has 0 radical (unpaired) electrons. The molecule has 3 nitrogen and oxygen atoms in total. The van der Waals surface area contributed by atoms with E-state index >= 15 is 0 Å². The Morgan fingerprint density at radius 1 is 1.21 bits per heavy atom. The average molecular weight is 260 g/mol. The van der Waals surface area contributed by atoms with Gasteiger partial charge in [-0.3, -0.25) is 0 Å². The number of anilines is 2. The van der Waals surface area contributed by atoms with E-state index in [2.05, 4.69) is 5.32 Å². The fourth-order valence-electron chi connectivity index (χ4n) is 1.94. The summed E-state index contributed by atoms with van der Waals surface area (Å²) in [7, 11) is 1.66. The number of para-hydroxylation sites is 1. The molecule has 0 aliphatic carbocycles. The van der Waals surface area contributed by atoms with Crippen LogP contribution < -0.4 is 15.8 Å². The number of nitrogens with two attached hydrogens (primary N) is 1. The fourth-order valence-corrected chi connectivity index (χ4v) is 1.94. The number of methoxy groups -OCH3 is 1. The van der Waals surface area contributed by atoms with Crippen LogP contribution in [-0.4, -0.2) is 13.7 Å². The second-order valence-corrected chi connectivity index (χ2v) is 4.22. The Morgan fingerprint density at radius 2 is 2.00 bits per heavy atom. The van der Waals surface area contributed by atoms with Gasteiger partial charge in [0.2, 0.25) is 0 Å². The van der Waals surface area contributed by atoms with Gasteiger partial charge < -0.3 is 15.8 Å². The van der Waals surface area contributed by atoms with E-state index in [1.807, 2.05) is 24.3 Å². The smallest absolute Gasteiger partial charge is 0.125 e. The van der Waals surface area contributed by atoms with E-state index in [9.17, 15) is 4.39 Å². The standard InChI is InChI=1S/C15H17FN2O/c1-19-15-5-3-2-4-11(15)8-9-18-14-7-6-12(16)10-13(14)17/h2-7,10,18H,8-9,17H2,1H3. The Morgan fingerprint density at radius 3 is 2.74 bits per heavy atom. The van der Waals surface area contributed by atoms with Crippen molar-refractivity contribution >= 4 is 11.4 Å². The lowest BCUT2D eigenvalue weighted by molar-refractivity contribution is 0.410. The highest BCUT2D eigenvalue weighted by Gasteiger charge is 2.03. The average Bonchev–Trinajstić information content (AvgIpc) is 2.42. The molecule has 2 rings (SSSR count). The topological polar surface area (TPSA) is 47.3 Å².